The number of carbonyl (C=O) groups is 3. The molecular formula is C18H16F2N2O4. The average molecular weight is 362 g/mol. The number of carbonyl (C=O) groups excluding carboxylic acids is 3. The van der Waals surface area contributed by atoms with Crippen LogP contribution in [-0.4, -0.2) is 30.9 Å². The number of nitrogens with one attached hydrogen (secondary N) is 2. The predicted molar refractivity (Wildman–Crippen MR) is 89.1 cm³/mol. The Hall–Kier alpha value is -3.29. The molecule has 0 bridgehead atoms. The highest BCUT2D eigenvalue weighted by Crippen LogP contribution is 2.07. The number of anilines is 1. The summed E-state index contributed by atoms with van der Waals surface area (Å²) in [6.45, 7) is -0.893. The summed E-state index contributed by atoms with van der Waals surface area (Å²) < 4.78 is 30.5. The van der Waals surface area contributed by atoms with Crippen molar-refractivity contribution in [2.24, 2.45) is 0 Å². The molecule has 0 atom stereocenters. The molecule has 0 fully saturated rings. The highest BCUT2D eigenvalue weighted by atomic mass is 19.1. The van der Waals surface area contributed by atoms with Gasteiger partial charge in [0, 0.05) is 5.69 Å². The topological polar surface area (TPSA) is 84.5 Å². The Morgan fingerprint density at radius 3 is 2.35 bits per heavy atom. The van der Waals surface area contributed by atoms with Crippen molar-refractivity contribution in [3.8, 4) is 0 Å². The van der Waals surface area contributed by atoms with Crippen molar-refractivity contribution in [3.05, 3.63) is 65.7 Å². The number of benzene rings is 2. The second kappa shape index (κ2) is 9.26. The Morgan fingerprint density at radius 1 is 0.923 bits per heavy atom. The van der Waals surface area contributed by atoms with Gasteiger partial charge >= 0.3 is 5.97 Å². The molecule has 8 heteroatoms. The molecule has 2 aromatic rings. The van der Waals surface area contributed by atoms with Gasteiger partial charge in [0.05, 0.1) is 13.0 Å². The molecular weight excluding hydrogens is 346 g/mol. The summed E-state index contributed by atoms with van der Waals surface area (Å²) in [7, 11) is 0. The largest absolute Gasteiger partial charge is 0.455 e. The first-order chi connectivity index (χ1) is 12.4. The van der Waals surface area contributed by atoms with Gasteiger partial charge in [0.2, 0.25) is 5.91 Å². The van der Waals surface area contributed by atoms with Crippen LogP contribution >= 0.6 is 0 Å². The van der Waals surface area contributed by atoms with Crippen molar-refractivity contribution in [2.75, 3.05) is 18.5 Å². The normalized spacial score (nSPS) is 10.1. The molecule has 6 nitrogen and oxygen atoms in total. The van der Waals surface area contributed by atoms with Gasteiger partial charge < -0.3 is 15.4 Å². The van der Waals surface area contributed by atoms with Crippen LogP contribution < -0.4 is 10.6 Å². The number of rotatable bonds is 7. The first-order valence-corrected chi connectivity index (χ1v) is 7.64. The minimum absolute atomic E-state index is 0.171. The summed E-state index contributed by atoms with van der Waals surface area (Å²) in [5, 5.41) is 4.74. The van der Waals surface area contributed by atoms with Crippen molar-refractivity contribution in [2.45, 2.75) is 6.42 Å². The van der Waals surface area contributed by atoms with Crippen LogP contribution in [0.25, 0.3) is 0 Å². The lowest BCUT2D eigenvalue weighted by Gasteiger charge is -2.08. The summed E-state index contributed by atoms with van der Waals surface area (Å²) in [6.07, 6.45) is -0.171. The molecule has 0 aliphatic rings. The highest BCUT2D eigenvalue weighted by molar-refractivity contribution is 5.94. The zero-order valence-electron chi connectivity index (χ0n) is 13.6. The van der Waals surface area contributed by atoms with Crippen molar-refractivity contribution in [1.82, 2.24) is 5.32 Å². The second-order valence-electron chi connectivity index (χ2n) is 5.30. The molecule has 0 heterocycles. The lowest BCUT2D eigenvalue weighted by molar-refractivity contribution is -0.147. The molecule has 0 aliphatic heterocycles. The lowest BCUT2D eigenvalue weighted by Crippen LogP contribution is -2.35. The Labute approximate surface area is 148 Å². The first kappa shape index (κ1) is 19.0. The molecule has 0 spiro atoms. The van der Waals surface area contributed by atoms with Crippen LogP contribution in [0, 0.1) is 11.6 Å². The number of hydrogen-bond acceptors (Lipinski definition) is 4. The zero-order chi connectivity index (χ0) is 18.9. The number of ether oxygens (including phenoxy) is 1. The Balaban J connectivity index is 1.67. The molecule has 0 aromatic heterocycles. The van der Waals surface area contributed by atoms with Crippen molar-refractivity contribution < 1.29 is 27.9 Å². The molecule has 2 N–H and O–H groups in total. The fourth-order valence-corrected chi connectivity index (χ4v) is 1.98. The quantitative estimate of drug-likeness (QED) is 0.736. The van der Waals surface area contributed by atoms with E-state index in [1.807, 2.05) is 0 Å². The van der Waals surface area contributed by atoms with Crippen LogP contribution in [0.3, 0.4) is 0 Å². The van der Waals surface area contributed by atoms with E-state index in [2.05, 4.69) is 10.6 Å². The monoisotopic (exact) mass is 362 g/mol. The van der Waals surface area contributed by atoms with E-state index < -0.39 is 36.0 Å². The SMILES string of the molecule is O=C(COC(=O)Cc1cccc(F)c1)NCC(=O)Nc1ccc(F)cc1. The van der Waals surface area contributed by atoms with Gasteiger partial charge in [0.1, 0.15) is 11.6 Å². The van der Waals surface area contributed by atoms with Gasteiger partial charge in [0.15, 0.2) is 6.61 Å². The van der Waals surface area contributed by atoms with Crippen molar-refractivity contribution in [1.29, 1.82) is 0 Å². The number of amides is 2. The minimum Gasteiger partial charge on any atom is -0.455 e. The molecule has 0 radical (unpaired) electrons. The van der Waals surface area contributed by atoms with Gasteiger partial charge in [-0.15, -0.1) is 0 Å². The van der Waals surface area contributed by atoms with Crippen LogP contribution in [0.15, 0.2) is 48.5 Å². The summed E-state index contributed by atoms with van der Waals surface area (Å²) in [6, 6.07) is 10.6. The maximum absolute atomic E-state index is 13.0. The number of hydrogen-bond donors (Lipinski definition) is 2. The molecule has 2 amide bonds. The average Bonchev–Trinajstić information content (AvgIpc) is 2.60. The third kappa shape index (κ3) is 6.68. The van der Waals surface area contributed by atoms with Gasteiger partial charge in [-0.2, -0.15) is 0 Å². The highest BCUT2D eigenvalue weighted by Gasteiger charge is 2.10. The lowest BCUT2D eigenvalue weighted by atomic mass is 10.1. The van der Waals surface area contributed by atoms with Gasteiger partial charge in [0.25, 0.3) is 5.91 Å². The zero-order valence-corrected chi connectivity index (χ0v) is 13.6. The van der Waals surface area contributed by atoms with Crippen molar-refractivity contribution in [3.63, 3.8) is 0 Å². The fourth-order valence-electron chi connectivity index (χ4n) is 1.98. The van der Waals surface area contributed by atoms with Gasteiger partial charge in [-0.25, -0.2) is 8.78 Å². The van der Waals surface area contributed by atoms with E-state index >= 15 is 0 Å². The van der Waals surface area contributed by atoms with Gasteiger partial charge in [-0.1, -0.05) is 12.1 Å². The van der Waals surface area contributed by atoms with Crippen LogP contribution in [0.4, 0.5) is 14.5 Å². The fraction of sp³-hybridized carbons (Fsp3) is 0.167. The predicted octanol–water partition coefficient (Wildman–Crippen LogP) is 1.81. The van der Waals surface area contributed by atoms with Crippen LogP contribution in [0.2, 0.25) is 0 Å². The third-order valence-electron chi connectivity index (χ3n) is 3.18. The van der Waals surface area contributed by atoms with E-state index in [-0.39, 0.29) is 13.0 Å². The van der Waals surface area contributed by atoms with E-state index in [0.717, 1.165) is 0 Å². The van der Waals surface area contributed by atoms with E-state index in [1.165, 1.54) is 42.5 Å². The molecule has 0 saturated heterocycles. The van der Waals surface area contributed by atoms with E-state index in [9.17, 15) is 23.2 Å². The maximum Gasteiger partial charge on any atom is 0.310 e. The first-order valence-electron chi connectivity index (χ1n) is 7.64. The molecule has 0 aliphatic carbocycles. The Bertz CT molecular complexity index is 794. The van der Waals surface area contributed by atoms with Crippen LogP contribution in [0.1, 0.15) is 5.56 Å². The van der Waals surface area contributed by atoms with Crippen LogP contribution in [-0.2, 0) is 25.5 Å². The molecule has 0 saturated carbocycles. The second-order valence-corrected chi connectivity index (χ2v) is 5.30. The smallest absolute Gasteiger partial charge is 0.310 e. The molecule has 136 valence electrons. The molecule has 26 heavy (non-hydrogen) atoms. The molecule has 2 aromatic carbocycles. The molecule has 2 rings (SSSR count). The summed E-state index contributed by atoms with van der Waals surface area (Å²) in [4.78, 5) is 34.8. The van der Waals surface area contributed by atoms with E-state index in [1.54, 1.807) is 6.07 Å². The summed E-state index contributed by atoms with van der Waals surface area (Å²) >= 11 is 0. The minimum atomic E-state index is -0.693. The third-order valence-corrected chi connectivity index (χ3v) is 3.18. The number of esters is 1. The van der Waals surface area contributed by atoms with E-state index in [0.29, 0.717) is 11.3 Å². The summed E-state index contributed by atoms with van der Waals surface area (Å²) in [5.41, 5.74) is 0.807. The maximum atomic E-state index is 13.0. The number of halogens is 2. The molecule has 0 unspecified atom stereocenters. The standard InChI is InChI=1S/C18H16F2N2O4/c19-13-4-6-15(7-5-13)22-16(23)10-21-17(24)11-26-18(25)9-12-2-1-3-14(20)8-12/h1-8H,9-11H2,(H,21,24)(H,22,23). The van der Waals surface area contributed by atoms with Gasteiger partial charge in [-0.05, 0) is 42.0 Å². The summed E-state index contributed by atoms with van der Waals surface area (Å²) in [5.74, 6) is -2.78. The van der Waals surface area contributed by atoms with E-state index in [4.69, 9.17) is 4.74 Å². The van der Waals surface area contributed by atoms with Crippen LogP contribution in [0.5, 0.6) is 0 Å². The Kier molecular flexibility index (Phi) is 6.78. The van der Waals surface area contributed by atoms with Crippen molar-refractivity contribution >= 4 is 23.5 Å². The Morgan fingerprint density at radius 2 is 1.65 bits per heavy atom. The van der Waals surface area contributed by atoms with Gasteiger partial charge in [-0.3, -0.25) is 14.4 Å².